The zero-order valence-corrected chi connectivity index (χ0v) is 21.0. The molecule has 1 heterocycles. The van der Waals surface area contributed by atoms with Crippen LogP contribution in [0, 0.1) is 6.92 Å². The standard InChI is InChI=1S/C28H30ClN3O2/c1-18-6-15-25-26(16-18)31(28(34)21-7-11-23(12-8-21)30(4)5)19(2)17-27(25)32(20(3)33)24-13-9-22(29)10-14-24/h6-16,19,27H,17H2,1-5H3/t19-,27+/m1/s1. The van der Waals surface area contributed by atoms with Crippen LogP contribution in [-0.2, 0) is 4.79 Å². The molecule has 0 aromatic heterocycles. The van der Waals surface area contributed by atoms with Crippen LogP contribution in [0.15, 0.2) is 66.7 Å². The Hall–Kier alpha value is -3.31. The van der Waals surface area contributed by atoms with E-state index < -0.39 is 0 Å². The molecule has 2 amide bonds. The Labute approximate surface area is 206 Å². The molecule has 0 aliphatic carbocycles. The van der Waals surface area contributed by atoms with Crippen LogP contribution in [-0.4, -0.2) is 32.0 Å². The van der Waals surface area contributed by atoms with Gasteiger partial charge in [0.25, 0.3) is 5.91 Å². The molecule has 176 valence electrons. The smallest absolute Gasteiger partial charge is 0.258 e. The zero-order valence-electron chi connectivity index (χ0n) is 20.2. The SMILES string of the molecule is CC(=O)N(c1ccc(Cl)cc1)[C@H]1C[C@@H](C)N(C(=O)c2ccc(N(C)C)cc2)c2cc(C)ccc21. The molecule has 6 heteroatoms. The van der Waals surface area contributed by atoms with E-state index in [2.05, 4.69) is 0 Å². The van der Waals surface area contributed by atoms with E-state index in [1.807, 2.05) is 97.2 Å². The van der Waals surface area contributed by atoms with Gasteiger partial charge in [-0.3, -0.25) is 9.59 Å². The Morgan fingerprint density at radius 2 is 1.56 bits per heavy atom. The number of benzene rings is 3. The maximum Gasteiger partial charge on any atom is 0.258 e. The average molecular weight is 476 g/mol. The monoisotopic (exact) mass is 475 g/mol. The van der Waals surface area contributed by atoms with Gasteiger partial charge in [-0.2, -0.15) is 0 Å². The van der Waals surface area contributed by atoms with Crippen LogP contribution in [0.3, 0.4) is 0 Å². The fourth-order valence-electron chi connectivity index (χ4n) is 4.72. The first-order valence-corrected chi connectivity index (χ1v) is 11.8. The van der Waals surface area contributed by atoms with E-state index in [4.69, 9.17) is 11.6 Å². The molecule has 3 aromatic rings. The molecule has 5 nitrogen and oxygen atoms in total. The van der Waals surface area contributed by atoms with Crippen molar-refractivity contribution in [2.75, 3.05) is 28.8 Å². The highest BCUT2D eigenvalue weighted by atomic mass is 35.5. The summed E-state index contributed by atoms with van der Waals surface area (Å²) in [7, 11) is 3.95. The fourth-order valence-corrected chi connectivity index (χ4v) is 4.84. The highest BCUT2D eigenvalue weighted by molar-refractivity contribution is 6.30. The Balaban J connectivity index is 1.77. The van der Waals surface area contributed by atoms with Gasteiger partial charge in [-0.05, 0) is 86.0 Å². The highest BCUT2D eigenvalue weighted by Crippen LogP contribution is 2.43. The molecule has 0 radical (unpaired) electrons. The van der Waals surface area contributed by atoms with Gasteiger partial charge in [-0.1, -0.05) is 23.7 Å². The summed E-state index contributed by atoms with van der Waals surface area (Å²) < 4.78 is 0. The van der Waals surface area contributed by atoms with Gasteiger partial charge in [-0.25, -0.2) is 0 Å². The number of carbonyl (C=O) groups excluding carboxylic acids is 2. The van der Waals surface area contributed by atoms with E-state index in [1.54, 1.807) is 19.1 Å². The van der Waals surface area contributed by atoms with Crippen molar-refractivity contribution in [3.05, 3.63) is 88.4 Å². The lowest BCUT2D eigenvalue weighted by Gasteiger charge is -2.43. The third-order valence-electron chi connectivity index (χ3n) is 6.41. The average Bonchev–Trinajstić information content (AvgIpc) is 2.80. The predicted molar refractivity (Wildman–Crippen MR) is 140 cm³/mol. The molecule has 0 saturated carbocycles. The van der Waals surface area contributed by atoms with Gasteiger partial charge in [-0.15, -0.1) is 0 Å². The van der Waals surface area contributed by atoms with Crippen LogP contribution in [0.1, 0.15) is 47.8 Å². The van der Waals surface area contributed by atoms with Crippen molar-refractivity contribution in [1.29, 1.82) is 0 Å². The number of amides is 2. The molecule has 2 atom stereocenters. The summed E-state index contributed by atoms with van der Waals surface area (Å²) >= 11 is 6.09. The first kappa shape index (κ1) is 23.8. The van der Waals surface area contributed by atoms with E-state index >= 15 is 0 Å². The third-order valence-corrected chi connectivity index (χ3v) is 6.67. The number of anilines is 3. The van der Waals surface area contributed by atoms with E-state index in [9.17, 15) is 9.59 Å². The molecule has 0 bridgehead atoms. The first-order chi connectivity index (χ1) is 16.2. The minimum Gasteiger partial charge on any atom is -0.378 e. The minimum atomic E-state index is -0.190. The topological polar surface area (TPSA) is 43.9 Å². The Morgan fingerprint density at radius 3 is 2.15 bits per heavy atom. The fraction of sp³-hybridized carbons (Fsp3) is 0.286. The normalized spacial score (nSPS) is 17.2. The van der Waals surface area contributed by atoms with E-state index in [1.165, 1.54) is 0 Å². The maximum absolute atomic E-state index is 13.7. The molecule has 0 saturated heterocycles. The Bertz CT molecular complexity index is 1210. The third kappa shape index (κ3) is 4.53. The second-order valence-corrected chi connectivity index (χ2v) is 9.58. The first-order valence-electron chi connectivity index (χ1n) is 11.4. The quantitative estimate of drug-likeness (QED) is 0.448. The van der Waals surface area contributed by atoms with Crippen molar-refractivity contribution in [3.63, 3.8) is 0 Å². The van der Waals surface area contributed by atoms with Crippen molar-refractivity contribution in [2.45, 2.75) is 39.3 Å². The van der Waals surface area contributed by atoms with Crippen LogP contribution in [0.25, 0.3) is 0 Å². The van der Waals surface area contributed by atoms with Gasteiger partial charge in [0, 0.05) is 54.7 Å². The molecular formula is C28H30ClN3O2. The zero-order chi connectivity index (χ0) is 24.6. The van der Waals surface area contributed by atoms with Gasteiger partial charge < -0.3 is 14.7 Å². The molecule has 1 aliphatic heterocycles. The summed E-state index contributed by atoms with van der Waals surface area (Å²) in [6, 6.07) is 20.8. The van der Waals surface area contributed by atoms with Crippen LogP contribution >= 0.6 is 11.6 Å². The molecule has 0 N–H and O–H groups in total. The van der Waals surface area contributed by atoms with Crippen molar-refractivity contribution < 1.29 is 9.59 Å². The highest BCUT2D eigenvalue weighted by Gasteiger charge is 2.38. The molecule has 0 unspecified atom stereocenters. The molecule has 0 spiro atoms. The lowest BCUT2D eigenvalue weighted by atomic mass is 9.88. The van der Waals surface area contributed by atoms with E-state index in [0.29, 0.717) is 17.0 Å². The molecule has 3 aromatic carbocycles. The largest absolute Gasteiger partial charge is 0.378 e. The second kappa shape index (κ2) is 9.51. The number of hydrogen-bond acceptors (Lipinski definition) is 3. The summed E-state index contributed by atoms with van der Waals surface area (Å²) in [4.78, 5) is 32.2. The van der Waals surface area contributed by atoms with Gasteiger partial charge in [0.15, 0.2) is 0 Å². The lowest BCUT2D eigenvalue weighted by Crippen LogP contribution is -2.47. The van der Waals surface area contributed by atoms with Crippen molar-refractivity contribution in [3.8, 4) is 0 Å². The number of halogens is 1. The maximum atomic E-state index is 13.7. The van der Waals surface area contributed by atoms with Crippen molar-refractivity contribution in [2.24, 2.45) is 0 Å². The number of hydrogen-bond donors (Lipinski definition) is 0. The summed E-state index contributed by atoms with van der Waals surface area (Å²) in [6.45, 7) is 5.65. The molecular weight excluding hydrogens is 446 g/mol. The Kier molecular flexibility index (Phi) is 6.67. The molecule has 0 fully saturated rings. The number of fused-ring (bicyclic) bond motifs is 1. The van der Waals surface area contributed by atoms with Crippen molar-refractivity contribution >= 4 is 40.5 Å². The number of nitrogens with zero attached hydrogens (tertiary/aromatic N) is 3. The van der Waals surface area contributed by atoms with Crippen LogP contribution in [0.5, 0.6) is 0 Å². The second-order valence-electron chi connectivity index (χ2n) is 9.14. The van der Waals surface area contributed by atoms with Crippen LogP contribution in [0.4, 0.5) is 17.1 Å². The lowest BCUT2D eigenvalue weighted by molar-refractivity contribution is -0.117. The summed E-state index contributed by atoms with van der Waals surface area (Å²) in [5, 5.41) is 0.623. The van der Waals surface area contributed by atoms with Gasteiger partial charge >= 0.3 is 0 Å². The summed E-state index contributed by atoms with van der Waals surface area (Å²) in [5.74, 6) is -0.0888. The molecule has 1 aliphatic rings. The Morgan fingerprint density at radius 1 is 0.941 bits per heavy atom. The van der Waals surface area contributed by atoms with Gasteiger partial charge in [0.1, 0.15) is 0 Å². The van der Waals surface area contributed by atoms with Crippen LogP contribution in [0.2, 0.25) is 5.02 Å². The van der Waals surface area contributed by atoms with Crippen molar-refractivity contribution in [1.82, 2.24) is 0 Å². The van der Waals surface area contributed by atoms with Crippen LogP contribution < -0.4 is 14.7 Å². The molecule has 4 rings (SSSR count). The predicted octanol–water partition coefficient (Wildman–Crippen LogP) is 6.25. The van der Waals surface area contributed by atoms with E-state index in [-0.39, 0.29) is 23.9 Å². The molecule has 34 heavy (non-hydrogen) atoms. The van der Waals surface area contributed by atoms with E-state index in [0.717, 1.165) is 28.2 Å². The minimum absolute atomic E-state index is 0.0380. The number of aryl methyl sites for hydroxylation is 1. The summed E-state index contributed by atoms with van der Waals surface area (Å²) in [5.41, 5.74) is 5.36. The van der Waals surface area contributed by atoms with Gasteiger partial charge in [0.2, 0.25) is 5.91 Å². The number of carbonyl (C=O) groups is 2. The number of rotatable bonds is 4. The van der Waals surface area contributed by atoms with Gasteiger partial charge in [0.05, 0.1) is 6.04 Å². The summed E-state index contributed by atoms with van der Waals surface area (Å²) in [6.07, 6.45) is 0.625.